The number of anilines is 4. The lowest BCUT2D eigenvalue weighted by Gasteiger charge is -2.12. The number of aromatic nitrogens is 2. The van der Waals surface area contributed by atoms with E-state index < -0.39 is 18.5 Å². The van der Waals surface area contributed by atoms with Crippen molar-refractivity contribution in [3.63, 3.8) is 0 Å². The number of rotatable bonds is 6. The summed E-state index contributed by atoms with van der Waals surface area (Å²) in [4.78, 5) is 8.11. The molecule has 0 radical (unpaired) electrons. The van der Waals surface area contributed by atoms with Crippen LogP contribution in [0.1, 0.15) is 0 Å². The van der Waals surface area contributed by atoms with Crippen LogP contribution in [-0.4, -0.2) is 22.7 Å². The Labute approximate surface area is 165 Å². The maximum atomic E-state index is 12.3. The first kappa shape index (κ1) is 21.0. The van der Waals surface area contributed by atoms with Crippen LogP contribution in [0.3, 0.4) is 0 Å². The van der Waals surface area contributed by atoms with E-state index in [0.29, 0.717) is 11.5 Å². The van der Waals surface area contributed by atoms with Gasteiger partial charge in [-0.2, -0.15) is 4.98 Å². The molecular formula is C18H12F6N4O2. The molecule has 158 valence electrons. The lowest BCUT2D eigenvalue weighted by molar-refractivity contribution is -0.275. The lowest BCUT2D eigenvalue weighted by Crippen LogP contribution is -2.17. The summed E-state index contributed by atoms with van der Waals surface area (Å²) in [7, 11) is 0. The summed E-state index contributed by atoms with van der Waals surface area (Å²) in [5, 5.41) is 5.60. The highest BCUT2D eigenvalue weighted by molar-refractivity contribution is 5.60. The quantitative estimate of drug-likeness (QED) is 0.485. The standard InChI is InChI=1S/C18H12F6N4O2/c19-17(20,21)29-13-6-4-11(5-7-13)26-15-8-9-25-16(28-15)27-12-2-1-3-14(10-12)30-18(22,23)24/h1-10H,(H2,25,26,27,28). The van der Waals surface area contributed by atoms with Crippen LogP contribution in [0.15, 0.2) is 60.8 Å². The van der Waals surface area contributed by atoms with Crippen LogP contribution in [-0.2, 0) is 0 Å². The normalized spacial score (nSPS) is 11.7. The molecular weight excluding hydrogens is 418 g/mol. The van der Waals surface area contributed by atoms with Gasteiger partial charge in [0, 0.05) is 23.6 Å². The summed E-state index contributed by atoms with van der Waals surface area (Å²) >= 11 is 0. The summed E-state index contributed by atoms with van der Waals surface area (Å²) in [5.41, 5.74) is 0.678. The van der Waals surface area contributed by atoms with E-state index in [-0.39, 0.29) is 17.4 Å². The molecule has 0 aliphatic rings. The second-order valence-corrected chi connectivity index (χ2v) is 5.66. The van der Waals surface area contributed by atoms with E-state index in [2.05, 4.69) is 30.1 Å². The average molecular weight is 430 g/mol. The van der Waals surface area contributed by atoms with Gasteiger partial charge in [0.2, 0.25) is 5.95 Å². The molecule has 30 heavy (non-hydrogen) atoms. The zero-order chi connectivity index (χ0) is 21.8. The molecule has 2 N–H and O–H groups in total. The third-order valence-corrected chi connectivity index (χ3v) is 3.34. The molecule has 1 aromatic heterocycles. The predicted octanol–water partition coefficient (Wildman–Crippen LogP) is 5.76. The third-order valence-electron chi connectivity index (χ3n) is 3.34. The molecule has 0 fully saturated rings. The van der Waals surface area contributed by atoms with Gasteiger partial charge in [-0.1, -0.05) is 6.07 Å². The van der Waals surface area contributed by atoms with Crippen LogP contribution in [0.2, 0.25) is 0 Å². The van der Waals surface area contributed by atoms with Gasteiger partial charge in [0.25, 0.3) is 0 Å². The maximum Gasteiger partial charge on any atom is 0.573 e. The topological polar surface area (TPSA) is 68.3 Å². The largest absolute Gasteiger partial charge is 0.573 e. The summed E-state index contributed by atoms with van der Waals surface area (Å²) in [6, 6.07) is 11.6. The molecule has 0 aliphatic heterocycles. The monoisotopic (exact) mass is 430 g/mol. The number of hydrogen-bond acceptors (Lipinski definition) is 6. The minimum absolute atomic E-state index is 0.0705. The minimum atomic E-state index is -4.82. The van der Waals surface area contributed by atoms with Crippen molar-refractivity contribution in [3.05, 3.63) is 60.8 Å². The number of nitrogens with one attached hydrogen (secondary N) is 2. The van der Waals surface area contributed by atoms with Crippen LogP contribution in [0, 0.1) is 0 Å². The van der Waals surface area contributed by atoms with Gasteiger partial charge in [-0.25, -0.2) is 4.98 Å². The molecule has 0 bridgehead atoms. The Morgan fingerprint density at radius 3 is 2.03 bits per heavy atom. The lowest BCUT2D eigenvalue weighted by atomic mass is 10.3. The number of hydrogen-bond donors (Lipinski definition) is 2. The van der Waals surface area contributed by atoms with Crippen molar-refractivity contribution in [3.8, 4) is 11.5 Å². The molecule has 0 spiro atoms. The second-order valence-electron chi connectivity index (χ2n) is 5.66. The van der Waals surface area contributed by atoms with Gasteiger partial charge >= 0.3 is 12.7 Å². The van der Waals surface area contributed by atoms with Crippen molar-refractivity contribution in [1.29, 1.82) is 0 Å². The van der Waals surface area contributed by atoms with Crippen molar-refractivity contribution in [1.82, 2.24) is 9.97 Å². The molecule has 0 amide bonds. The van der Waals surface area contributed by atoms with E-state index >= 15 is 0 Å². The molecule has 3 rings (SSSR count). The van der Waals surface area contributed by atoms with Crippen molar-refractivity contribution in [2.75, 3.05) is 10.6 Å². The number of benzene rings is 2. The molecule has 0 saturated carbocycles. The van der Waals surface area contributed by atoms with Crippen molar-refractivity contribution >= 4 is 23.1 Å². The van der Waals surface area contributed by atoms with Gasteiger partial charge < -0.3 is 20.1 Å². The Hall–Kier alpha value is -3.70. The zero-order valence-corrected chi connectivity index (χ0v) is 14.8. The molecule has 6 nitrogen and oxygen atoms in total. The second kappa shape index (κ2) is 8.35. The Morgan fingerprint density at radius 1 is 0.700 bits per heavy atom. The first-order chi connectivity index (χ1) is 14.1. The fourth-order valence-corrected chi connectivity index (χ4v) is 2.28. The Bertz CT molecular complexity index is 993. The molecule has 0 unspecified atom stereocenters. The van der Waals surface area contributed by atoms with Crippen LogP contribution in [0.25, 0.3) is 0 Å². The van der Waals surface area contributed by atoms with Crippen molar-refractivity contribution in [2.24, 2.45) is 0 Å². The van der Waals surface area contributed by atoms with Crippen LogP contribution < -0.4 is 20.1 Å². The first-order valence-corrected chi connectivity index (χ1v) is 8.14. The highest BCUT2D eigenvalue weighted by Crippen LogP contribution is 2.27. The number of alkyl halides is 6. The fraction of sp³-hybridized carbons (Fsp3) is 0.111. The number of halogens is 6. The van der Waals surface area contributed by atoms with E-state index in [1.165, 1.54) is 36.5 Å². The van der Waals surface area contributed by atoms with Gasteiger partial charge in [0.15, 0.2) is 0 Å². The van der Waals surface area contributed by atoms with E-state index in [4.69, 9.17) is 0 Å². The number of ether oxygens (including phenoxy) is 2. The summed E-state index contributed by atoms with van der Waals surface area (Å²) in [6.45, 7) is 0. The smallest absolute Gasteiger partial charge is 0.406 e. The van der Waals surface area contributed by atoms with Gasteiger partial charge in [-0.3, -0.25) is 0 Å². The van der Waals surface area contributed by atoms with Gasteiger partial charge in [0.1, 0.15) is 17.3 Å². The summed E-state index contributed by atoms with van der Waals surface area (Å²) < 4.78 is 81.2. The van der Waals surface area contributed by atoms with Crippen LogP contribution in [0.5, 0.6) is 11.5 Å². The zero-order valence-electron chi connectivity index (χ0n) is 14.8. The van der Waals surface area contributed by atoms with Crippen molar-refractivity contribution in [2.45, 2.75) is 12.7 Å². The van der Waals surface area contributed by atoms with Gasteiger partial charge in [-0.15, -0.1) is 26.3 Å². The minimum Gasteiger partial charge on any atom is -0.406 e. The first-order valence-electron chi connectivity index (χ1n) is 8.14. The number of nitrogens with zero attached hydrogens (tertiary/aromatic N) is 2. The molecule has 2 aromatic carbocycles. The molecule has 0 saturated heterocycles. The molecule has 0 aliphatic carbocycles. The maximum absolute atomic E-state index is 12.3. The van der Waals surface area contributed by atoms with E-state index in [9.17, 15) is 26.3 Å². The van der Waals surface area contributed by atoms with Crippen molar-refractivity contribution < 1.29 is 35.8 Å². The SMILES string of the molecule is FC(F)(F)Oc1ccc(Nc2ccnc(Nc3cccc(OC(F)(F)F)c3)n2)cc1. The predicted molar refractivity (Wildman–Crippen MR) is 94.8 cm³/mol. The average Bonchev–Trinajstić information content (AvgIpc) is 2.61. The van der Waals surface area contributed by atoms with Crippen LogP contribution in [0.4, 0.5) is 49.5 Å². The molecule has 1 heterocycles. The Balaban J connectivity index is 1.67. The molecule has 3 aromatic rings. The van der Waals surface area contributed by atoms with E-state index in [1.807, 2.05) is 0 Å². The van der Waals surface area contributed by atoms with Crippen LogP contribution >= 0.6 is 0 Å². The summed E-state index contributed by atoms with van der Waals surface area (Å²) in [5.74, 6) is -0.428. The molecule has 12 heteroatoms. The van der Waals surface area contributed by atoms with Gasteiger partial charge in [0.05, 0.1) is 0 Å². The third kappa shape index (κ3) is 6.72. The van der Waals surface area contributed by atoms with E-state index in [0.717, 1.165) is 24.3 Å². The van der Waals surface area contributed by atoms with Gasteiger partial charge in [-0.05, 0) is 42.5 Å². The highest BCUT2D eigenvalue weighted by Gasteiger charge is 2.31. The highest BCUT2D eigenvalue weighted by atomic mass is 19.4. The van der Waals surface area contributed by atoms with E-state index in [1.54, 1.807) is 0 Å². The Morgan fingerprint density at radius 2 is 1.37 bits per heavy atom. The fourth-order valence-electron chi connectivity index (χ4n) is 2.28. The summed E-state index contributed by atoms with van der Waals surface area (Å²) in [6.07, 6.45) is -8.22. The molecule has 0 atom stereocenters. The Kier molecular flexibility index (Phi) is 5.85.